The molecule has 0 radical (unpaired) electrons. The van der Waals surface area contributed by atoms with Crippen molar-refractivity contribution in [3.63, 3.8) is 0 Å². The first-order valence-electron chi connectivity index (χ1n) is 9.70. The van der Waals surface area contributed by atoms with E-state index >= 15 is 0 Å². The third-order valence-corrected chi connectivity index (χ3v) is 7.72. The van der Waals surface area contributed by atoms with E-state index in [1.165, 1.54) is 24.8 Å². The lowest BCUT2D eigenvalue weighted by Gasteiger charge is -2.57. The zero-order valence-corrected chi connectivity index (χ0v) is 15.8. The van der Waals surface area contributed by atoms with Gasteiger partial charge in [-0.3, -0.25) is 0 Å². The fourth-order valence-electron chi connectivity index (χ4n) is 6.55. The molecule has 2 heteroatoms. The molecule has 0 bridgehead atoms. The van der Waals surface area contributed by atoms with Crippen molar-refractivity contribution in [3.8, 4) is 0 Å². The molecule has 7 atom stereocenters. The van der Waals surface area contributed by atoms with E-state index in [-0.39, 0.29) is 11.1 Å². The van der Waals surface area contributed by atoms with Gasteiger partial charge in [0.25, 0.3) is 0 Å². The summed E-state index contributed by atoms with van der Waals surface area (Å²) in [6, 6.07) is 0. The van der Waals surface area contributed by atoms with Gasteiger partial charge >= 0.3 is 0 Å². The SMILES string of the molecule is [C-]#[N+]C(C)(C)C[C@H]1C[C@@H](C)C2CC[C@@H](C)[C@]3([N+]#[C-])CCC(=C)C1[C@H]23. The average Bonchev–Trinajstić information content (AvgIpc) is 2.54. The second-order valence-corrected chi connectivity index (χ2v) is 9.56. The lowest BCUT2D eigenvalue weighted by atomic mass is 9.45. The van der Waals surface area contributed by atoms with Crippen LogP contribution in [-0.4, -0.2) is 11.1 Å². The zero-order valence-electron chi connectivity index (χ0n) is 15.8. The molecule has 0 saturated heterocycles. The monoisotopic (exact) mass is 324 g/mol. The predicted molar refractivity (Wildman–Crippen MR) is 99.1 cm³/mol. The molecule has 3 aliphatic carbocycles. The van der Waals surface area contributed by atoms with E-state index in [1.54, 1.807) is 0 Å². The van der Waals surface area contributed by atoms with Crippen LogP contribution in [0, 0.1) is 48.7 Å². The maximum absolute atomic E-state index is 8.08. The predicted octanol–water partition coefficient (Wildman–Crippen LogP) is 6.02. The lowest BCUT2D eigenvalue weighted by Crippen LogP contribution is -2.59. The minimum atomic E-state index is -0.296. The van der Waals surface area contributed by atoms with Crippen molar-refractivity contribution in [2.24, 2.45) is 35.5 Å². The Morgan fingerprint density at radius 1 is 1.25 bits per heavy atom. The highest BCUT2D eigenvalue weighted by Gasteiger charge is 2.64. The van der Waals surface area contributed by atoms with Crippen molar-refractivity contribution in [1.82, 2.24) is 0 Å². The maximum Gasteiger partial charge on any atom is 0.239 e. The Morgan fingerprint density at radius 2 is 1.96 bits per heavy atom. The van der Waals surface area contributed by atoms with Crippen LogP contribution in [0.1, 0.15) is 66.2 Å². The first kappa shape index (κ1) is 17.5. The van der Waals surface area contributed by atoms with Crippen LogP contribution in [0.25, 0.3) is 9.69 Å². The molecule has 0 N–H and O–H groups in total. The molecule has 2 nitrogen and oxygen atoms in total. The van der Waals surface area contributed by atoms with Gasteiger partial charge in [-0.15, -0.1) is 0 Å². The average molecular weight is 325 g/mol. The second kappa shape index (κ2) is 5.91. The zero-order chi connectivity index (χ0) is 17.7. The molecule has 3 rings (SSSR count). The Balaban J connectivity index is 2.03. The molecule has 3 aliphatic rings. The Morgan fingerprint density at radius 3 is 2.58 bits per heavy atom. The summed E-state index contributed by atoms with van der Waals surface area (Å²) in [5.41, 5.74) is 0.927. The van der Waals surface area contributed by atoms with E-state index < -0.39 is 0 Å². The van der Waals surface area contributed by atoms with E-state index in [2.05, 4.69) is 44.0 Å². The molecule has 0 heterocycles. The molecule has 130 valence electrons. The van der Waals surface area contributed by atoms with E-state index in [0.717, 1.165) is 19.3 Å². The van der Waals surface area contributed by atoms with Crippen LogP contribution < -0.4 is 0 Å². The van der Waals surface area contributed by atoms with Gasteiger partial charge in [0.15, 0.2) is 0 Å². The third-order valence-electron chi connectivity index (χ3n) is 7.72. The second-order valence-electron chi connectivity index (χ2n) is 9.56. The number of hydrogen-bond acceptors (Lipinski definition) is 0. The Labute approximate surface area is 148 Å². The van der Waals surface area contributed by atoms with Gasteiger partial charge in [-0.1, -0.05) is 26.0 Å². The van der Waals surface area contributed by atoms with Crippen molar-refractivity contribution >= 4 is 0 Å². The van der Waals surface area contributed by atoms with Crippen LogP contribution in [0.4, 0.5) is 0 Å². The number of nitrogens with zero attached hydrogens (tertiary/aromatic N) is 2. The molecule has 3 saturated carbocycles. The summed E-state index contributed by atoms with van der Waals surface area (Å²) in [6.45, 7) is 29.0. The van der Waals surface area contributed by atoms with Crippen molar-refractivity contribution in [1.29, 1.82) is 0 Å². The van der Waals surface area contributed by atoms with Crippen molar-refractivity contribution in [3.05, 3.63) is 35.0 Å². The van der Waals surface area contributed by atoms with Crippen LogP contribution in [0.15, 0.2) is 12.2 Å². The molecular weight excluding hydrogens is 292 g/mol. The van der Waals surface area contributed by atoms with Crippen LogP contribution in [-0.2, 0) is 0 Å². The molecule has 0 aromatic carbocycles. The van der Waals surface area contributed by atoms with E-state index in [4.69, 9.17) is 13.1 Å². The van der Waals surface area contributed by atoms with E-state index in [9.17, 15) is 0 Å². The summed E-state index contributed by atoms with van der Waals surface area (Å²) < 4.78 is 0. The van der Waals surface area contributed by atoms with Crippen molar-refractivity contribution < 1.29 is 0 Å². The maximum atomic E-state index is 8.08. The summed E-state index contributed by atoms with van der Waals surface area (Å²) in [5, 5.41) is 0. The molecule has 0 aromatic rings. The minimum Gasteiger partial charge on any atom is -0.311 e. The van der Waals surface area contributed by atoms with Gasteiger partial charge < -0.3 is 9.69 Å². The standard InChI is InChI=1S/C22H32N2/c1-14-10-11-22(24-7)16(3)8-9-18-15(2)12-17(19(14)20(18)22)13-21(4,5)23-6/h15-20H,1,8-13H2,2-5H3/t15-,16-,17-,18?,19?,20+,22-/m1/s1. The van der Waals surface area contributed by atoms with Crippen LogP contribution in [0.3, 0.4) is 0 Å². The van der Waals surface area contributed by atoms with Crippen LogP contribution in [0.2, 0.25) is 0 Å². The first-order chi connectivity index (χ1) is 11.3. The summed E-state index contributed by atoms with van der Waals surface area (Å²) in [6.07, 6.45) is 6.70. The van der Waals surface area contributed by atoms with Crippen LogP contribution in [0.5, 0.6) is 0 Å². The molecular formula is C22H32N2. The Hall–Kier alpha value is -1.28. The van der Waals surface area contributed by atoms with Crippen molar-refractivity contribution in [2.45, 2.75) is 77.3 Å². The topological polar surface area (TPSA) is 8.72 Å². The van der Waals surface area contributed by atoms with Crippen LogP contribution >= 0.6 is 0 Å². The van der Waals surface area contributed by atoms with E-state index in [1.807, 2.05) is 0 Å². The number of hydrogen-bond donors (Lipinski definition) is 0. The lowest BCUT2D eigenvalue weighted by molar-refractivity contribution is -0.0537. The smallest absolute Gasteiger partial charge is 0.239 e. The van der Waals surface area contributed by atoms with Gasteiger partial charge in [0.05, 0.1) is 0 Å². The fraction of sp³-hybridized carbons (Fsp3) is 0.818. The highest BCUT2D eigenvalue weighted by Crippen LogP contribution is 2.63. The normalized spacial score (nSPS) is 45.0. The summed E-state index contributed by atoms with van der Waals surface area (Å²) in [4.78, 5) is 8.22. The molecule has 0 spiro atoms. The fourth-order valence-corrected chi connectivity index (χ4v) is 6.55. The molecule has 0 aromatic heterocycles. The summed E-state index contributed by atoms with van der Waals surface area (Å²) in [5.74, 6) is 3.35. The quantitative estimate of drug-likeness (QED) is 0.434. The summed E-state index contributed by atoms with van der Waals surface area (Å²) >= 11 is 0. The van der Waals surface area contributed by atoms with E-state index in [0.29, 0.717) is 35.5 Å². The third kappa shape index (κ3) is 2.50. The highest BCUT2D eigenvalue weighted by molar-refractivity contribution is 5.25. The van der Waals surface area contributed by atoms with Gasteiger partial charge in [-0.2, -0.15) is 0 Å². The largest absolute Gasteiger partial charge is 0.311 e. The summed E-state index contributed by atoms with van der Waals surface area (Å²) in [7, 11) is 0. The first-order valence-corrected chi connectivity index (χ1v) is 9.70. The Kier molecular flexibility index (Phi) is 4.32. The van der Waals surface area contributed by atoms with Gasteiger partial charge in [-0.25, -0.2) is 13.1 Å². The number of rotatable bonds is 2. The molecule has 3 fully saturated rings. The van der Waals surface area contributed by atoms with Gasteiger partial charge in [-0.05, 0) is 49.4 Å². The molecule has 0 amide bonds. The highest BCUT2D eigenvalue weighted by atomic mass is 14.9. The molecule has 24 heavy (non-hydrogen) atoms. The van der Waals surface area contributed by atoms with Gasteiger partial charge in [0, 0.05) is 38.5 Å². The van der Waals surface area contributed by atoms with Crippen molar-refractivity contribution in [2.75, 3.05) is 0 Å². The number of allylic oxidation sites excluding steroid dienone is 1. The Bertz CT molecular complexity index is 604. The minimum absolute atomic E-state index is 0.163. The van der Waals surface area contributed by atoms with Gasteiger partial charge in [0.2, 0.25) is 11.1 Å². The molecule has 0 aliphatic heterocycles. The van der Waals surface area contributed by atoms with Gasteiger partial charge in [0.1, 0.15) is 0 Å². The molecule has 2 unspecified atom stereocenters.